The zero-order chi connectivity index (χ0) is 18.1. The number of nitrogens with one attached hydrogen (secondary N) is 1. The molecule has 3 aromatic rings. The van der Waals surface area contributed by atoms with Crippen LogP contribution in [-0.2, 0) is 6.54 Å². The van der Waals surface area contributed by atoms with Crippen molar-refractivity contribution in [3.8, 4) is 0 Å². The summed E-state index contributed by atoms with van der Waals surface area (Å²) in [7, 11) is 0. The standard InChI is InChI=1S/C18H17F2N5/c1-10-11(2)25(9-14-15(19)4-3-5-16(14)20)17-7-6-12(8-13(10)17)18(23-21)24-22/h3-8,21H,9,22H2,1-2H3/b23-21?,24-18-. The van der Waals surface area contributed by atoms with E-state index in [0.717, 1.165) is 22.2 Å². The van der Waals surface area contributed by atoms with Crippen LogP contribution < -0.4 is 5.84 Å². The molecule has 3 N–H and O–H groups in total. The zero-order valence-corrected chi connectivity index (χ0v) is 13.8. The number of nitrogens with two attached hydrogens (primary N) is 1. The number of amidine groups is 1. The van der Waals surface area contributed by atoms with Crippen LogP contribution >= 0.6 is 0 Å². The Balaban J connectivity index is 2.17. The van der Waals surface area contributed by atoms with Crippen molar-refractivity contribution in [3.63, 3.8) is 0 Å². The third kappa shape index (κ3) is 2.77. The molecule has 0 atom stereocenters. The highest BCUT2D eigenvalue weighted by molar-refractivity contribution is 6.02. The molecular weight excluding hydrogens is 324 g/mol. The third-order valence-electron chi connectivity index (χ3n) is 4.50. The minimum atomic E-state index is -0.568. The lowest BCUT2D eigenvalue weighted by molar-refractivity contribution is 0.545. The molecule has 5 nitrogen and oxygen atoms in total. The van der Waals surface area contributed by atoms with Gasteiger partial charge >= 0.3 is 0 Å². The van der Waals surface area contributed by atoms with Gasteiger partial charge in [0.1, 0.15) is 11.6 Å². The summed E-state index contributed by atoms with van der Waals surface area (Å²) in [6.07, 6.45) is 0. The molecule has 0 saturated carbocycles. The van der Waals surface area contributed by atoms with Gasteiger partial charge in [-0.05, 0) is 49.7 Å². The average molecular weight is 341 g/mol. The summed E-state index contributed by atoms with van der Waals surface area (Å²) in [5, 5.41) is 7.69. The van der Waals surface area contributed by atoms with E-state index in [1.54, 1.807) is 6.07 Å². The van der Waals surface area contributed by atoms with E-state index in [0.29, 0.717) is 5.56 Å². The Labute approximate surface area is 143 Å². The number of aryl methyl sites for hydroxylation is 1. The van der Waals surface area contributed by atoms with Gasteiger partial charge in [-0.1, -0.05) is 6.07 Å². The third-order valence-corrected chi connectivity index (χ3v) is 4.50. The molecule has 128 valence electrons. The van der Waals surface area contributed by atoms with E-state index in [-0.39, 0.29) is 17.9 Å². The minimum absolute atomic E-state index is 0.0249. The quantitative estimate of drug-likeness (QED) is 0.241. The lowest BCUT2D eigenvalue weighted by atomic mass is 10.1. The Kier molecular flexibility index (Phi) is 4.31. The Morgan fingerprint density at radius 3 is 2.44 bits per heavy atom. The van der Waals surface area contributed by atoms with Gasteiger partial charge in [-0.25, -0.2) is 14.3 Å². The van der Waals surface area contributed by atoms with Gasteiger partial charge in [-0.3, -0.25) is 0 Å². The summed E-state index contributed by atoms with van der Waals surface area (Å²) in [5.74, 6) is 4.23. The number of hydrogen-bond acceptors (Lipinski definition) is 3. The Hall–Kier alpha value is -3.09. The smallest absolute Gasteiger partial charge is 0.199 e. The summed E-state index contributed by atoms with van der Waals surface area (Å²) in [6.45, 7) is 3.93. The summed E-state index contributed by atoms with van der Waals surface area (Å²) >= 11 is 0. The van der Waals surface area contributed by atoms with Gasteiger partial charge in [0.2, 0.25) is 0 Å². The molecule has 3 rings (SSSR count). The van der Waals surface area contributed by atoms with Crippen molar-refractivity contribution >= 4 is 16.7 Å². The molecule has 0 aliphatic rings. The van der Waals surface area contributed by atoms with Crippen LogP contribution in [0.2, 0.25) is 0 Å². The van der Waals surface area contributed by atoms with Crippen LogP contribution in [0.1, 0.15) is 22.4 Å². The van der Waals surface area contributed by atoms with Crippen LogP contribution in [0.15, 0.2) is 46.6 Å². The fraction of sp³-hybridized carbons (Fsp3) is 0.167. The first-order valence-electron chi connectivity index (χ1n) is 7.66. The predicted molar refractivity (Wildman–Crippen MR) is 92.7 cm³/mol. The van der Waals surface area contributed by atoms with Gasteiger partial charge in [0.15, 0.2) is 5.84 Å². The van der Waals surface area contributed by atoms with E-state index < -0.39 is 11.6 Å². The second-order valence-corrected chi connectivity index (χ2v) is 5.79. The largest absolute Gasteiger partial charge is 0.340 e. The van der Waals surface area contributed by atoms with Crippen molar-refractivity contribution in [1.29, 1.82) is 5.53 Å². The first-order valence-corrected chi connectivity index (χ1v) is 7.66. The highest BCUT2D eigenvalue weighted by Crippen LogP contribution is 2.28. The lowest BCUT2D eigenvalue weighted by Gasteiger charge is -2.11. The molecule has 0 radical (unpaired) electrons. The van der Waals surface area contributed by atoms with Crippen LogP contribution in [-0.4, -0.2) is 10.4 Å². The van der Waals surface area contributed by atoms with E-state index >= 15 is 0 Å². The number of rotatable bonds is 3. The molecule has 0 aliphatic carbocycles. The molecule has 7 heteroatoms. The number of halogens is 2. The number of benzene rings is 2. The van der Waals surface area contributed by atoms with Gasteiger partial charge in [0.05, 0.1) is 6.54 Å². The van der Waals surface area contributed by atoms with Crippen molar-refractivity contribution in [2.45, 2.75) is 20.4 Å². The molecular formula is C18H17F2N5. The summed E-state index contributed by atoms with van der Waals surface area (Å²) in [5.41, 5.74) is 10.5. The fourth-order valence-electron chi connectivity index (χ4n) is 3.00. The van der Waals surface area contributed by atoms with Crippen molar-refractivity contribution in [3.05, 3.63) is 70.4 Å². The molecule has 25 heavy (non-hydrogen) atoms. The molecule has 1 heterocycles. The molecule has 1 aromatic heterocycles. The van der Waals surface area contributed by atoms with Crippen molar-refractivity contribution < 1.29 is 8.78 Å². The molecule has 0 aliphatic heterocycles. The maximum atomic E-state index is 14.0. The van der Waals surface area contributed by atoms with Crippen LogP contribution in [0.3, 0.4) is 0 Å². The Morgan fingerprint density at radius 1 is 1.16 bits per heavy atom. The second kappa shape index (κ2) is 6.43. The van der Waals surface area contributed by atoms with Gasteiger partial charge in [0, 0.05) is 27.7 Å². The normalized spacial score (nSPS) is 11.9. The van der Waals surface area contributed by atoms with Crippen LogP contribution in [0.4, 0.5) is 8.78 Å². The van der Waals surface area contributed by atoms with E-state index in [9.17, 15) is 8.78 Å². The molecule has 2 aromatic carbocycles. The monoisotopic (exact) mass is 341 g/mol. The SMILES string of the molecule is Cc1c(C)n(Cc2c(F)cccc2F)c2ccc(/C(N=N)=N/N)cc12. The molecule has 0 amide bonds. The van der Waals surface area contributed by atoms with Crippen molar-refractivity contribution in [2.24, 2.45) is 16.1 Å². The van der Waals surface area contributed by atoms with Crippen LogP contribution in [0, 0.1) is 31.0 Å². The predicted octanol–water partition coefficient (Wildman–Crippen LogP) is 4.24. The maximum Gasteiger partial charge on any atom is 0.199 e. The molecule has 0 unspecified atom stereocenters. The number of nitrogens with zero attached hydrogens (tertiary/aromatic N) is 3. The Bertz CT molecular complexity index is 984. The van der Waals surface area contributed by atoms with Crippen molar-refractivity contribution in [1.82, 2.24) is 4.57 Å². The number of aromatic nitrogens is 1. The van der Waals surface area contributed by atoms with Gasteiger partial charge < -0.3 is 10.4 Å². The summed E-state index contributed by atoms with van der Waals surface area (Å²) in [6, 6.07) is 9.24. The lowest BCUT2D eigenvalue weighted by Crippen LogP contribution is -2.06. The molecule has 0 bridgehead atoms. The highest BCUT2D eigenvalue weighted by Gasteiger charge is 2.16. The average Bonchev–Trinajstić information content (AvgIpc) is 2.84. The van der Waals surface area contributed by atoms with Gasteiger partial charge in [-0.2, -0.15) is 5.10 Å². The maximum absolute atomic E-state index is 14.0. The first kappa shape index (κ1) is 16.8. The topological polar surface area (TPSA) is 79.5 Å². The molecule has 0 spiro atoms. The summed E-state index contributed by atoms with van der Waals surface area (Å²) < 4.78 is 29.9. The highest BCUT2D eigenvalue weighted by atomic mass is 19.1. The Morgan fingerprint density at radius 2 is 1.84 bits per heavy atom. The minimum Gasteiger partial charge on any atom is -0.340 e. The van der Waals surface area contributed by atoms with E-state index in [2.05, 4.69) is 10.2 Å². The van der Waals surface area contributed by atoms with Gasteiger partial charge in [0.25, 0.3) is 0 Å². The van der Waals surface area contributed by atoms with Crippen LogP contribution in [0.25, 0.3) is 10.9 Å². The number of fused-ring (bicyclic) bond motifs is 1. The van der Waals surface area contributed by atoms with Crippen molar-refractivity contribution in [2.75, 3.05) is 0 Å². The number of hydrazone groups is 1. The van der Waals surface area contributed by atoms with Gasteiger partial charge in [-0.15, -0.1) is 5.11 Å². The molecule has 0 saturated heterocycles. The fourth-order valence-corrected chi connectivity index (χ4v) is 3.00. The van der Waals surface area contributed by atoms with E-state index in [4.69, 9.17) is 11.4 Å². The van der Waals surface area contributed by atoms with E-state index in [1.807, 2.05) is 30.5 Å². The molecule has 0 fully saturated rings. The number of hydrogen-bond donors (Lipinski definition) is 2. The zero-order valence-electron chi connectivity index (χ0n) is 13.8. The summed E-state index contributed by atoms with van der Waals surface area (Å²) in [4.78, 5) is 0. The van der Waals surface area contributed by atoms with E-state index in [1.165, 1.54) is 18.2 Å². The first-order chi connectivity index (χ1) is 12.0. The van der Waals surface area contributed by atoms with Crippen LogP contribution in [0.5, 0.6) is 0 Å². The second-order valence-electron chi connectivity index (χ2n) is 5.79.